The van der Waals surface area contributed by atoms with Crippen LogP contribution in [0.25, 0.3) is 0 Å². The normalized spacial score (nSPS) is 12.4. The van der Waals surface area contributed by atoms with Gasteiger partial charge in [-0.05, 0) is 6.07 Å². The van der Waals surface area contributed by atoms with E-state index in [2.05, 4.69) is 9.72 Å². The minimum absolute atomic E-state index is 0.128. The van der Waals surface area contributed by atoms with Crippen LogP contribution in [-0.4, -0.2) is 18.1 Å². The number of rotatable bonds is 1. The summed E-state index contributed by atoms with van der Waals surface area (Å²) in [6, 6.07) is 0.128. The van der Waals surface area contributed by atoms with Crippen molar-refractivity contribution in [1.82, 2.24) is 4.98 Å². The lowest BCUT2D eigenvalue weighted by Crippen LogP contribution is -2.20. The van der Waals surface area contributed by atoms with Gasteiger partial charge < -0.3 is 4.74 Å². The van der Waals surface area contributed by atoms with Crippen LogP contribution in [0.5, 0.6) is 0 Å². The van der Waals surface area contributed by atoms with E-state index in [0.717, 1.165) is 7.11 Å². The number of carbonyl (C=O) groups is 1. The number of carbonyl (C=O) groups excluding carboxylic acids is 1. The Bertz CT molecular complexity index is 511. The molecule has 0 atom stereocenters. The Hall–Kier alpha value is -1.51. The second kappa shape index (κ2) is 4.87. The summed E-state index contributed by atoms with van der Waals surface area (Å²) in [5.74, 6) is -1.53. The smallest absolute Gasteiger partial charge is 0.434 e. The Morgan fingerprint density at radius 3 is 2.11 bits per heavy atom. The van der Waals surface area contributed by atoms with Crippen molar-refractivity contribution in [3.05, 3.63) is 28.0 Å². The maximum absolute atomic E-state index is 12.6. The molecule has 0 aromatic carbocycles. The molecule has 1 rings (SSSR count). The lowest BCUT2D eigenvalue weighted by atomic mass is 10.1. The zero-order chi connectivity index (χ0) is 15.0. The molecule has 0 amide bonds. The van der Waals surface area contributed by atoms with Crippen LogP contribution in [0, 0.1) is 0 Å². The second-order valence-electron chi connectivity index (χ2n) is 3.20. The molecule has 0 aliphatic heterocycles. The van der Waals surface area contributed by atoms with Crippen molar-refractivity contribution < 1.29 is 35.9 Å². The lowest BCUT2D eigenvalue weighted by Gasteiger charge is -2.14. The number of ether oxygens (including phenoxy) is 1. The first-order valence-corrected chi connectivity index (χ1v) is 4.79. The third-order valence-corrected chi connectivity index (χ3v) is 2.22. The Morgan fingerprint density at radius 1 is 1.21 bits per heavy atom. The van der Waals surface area contributed by atoms with E-state index in [0.29, 0.717) is 0 Å². The van der Waals surface area contributed by atoms with Crippen molar-refractivity contribution >= 4 is 17.6 Å². The third-order valence-electron chi connectivity index (χ3n) is 1.92. The van der Waals surface area contributed by atoms with Gasteiger partial charge in [0.2, 0.25) is 0 Å². The van der Waals surface area contributed by atoms with Crippen molar-refractivity contribution in [3.8, 4) is 0 Å². The fourth-order valence-electron chi connectivity index (χ4n) is 1.16. The topological polar surface area (TPSA) is 39.2 Å². The zero-order valence-corrected chi connectivity index (χ0v) is 9.74. The first kappa shape index (κ1) is 15.5. The summed E-state index contributed by atoms with van der Waals surface area (Å²) in [7, 11) is 0.760. The molecule has 0 unspecified atom stereocenters. The van der Waals surface area contributed by atoms with Gasteiger partial charge in [-0.3, -0.25) is 0 Å². The van der Waals surface area contributed by atoms with Gasteiger partial charge in [-0.1, -0.05) is 11.6 Å². The number of hydrogen-bond acceptors (Lipinski definition) is 3. The number of hydrogen-bond donors (Lipinski definition) is 0. The highest BCUT2D eigenvalue weighted by atomic mass is 35.5. The van der Waals surface area contributed by atoms with Crippen molar-refractivity contribution in [2.75, 3.05) is 7.11 Å². The quantitative estimate of drug-likeness (QED) is 0.588. The molecule has 3 nitrogen and oxygen atoms in total. The summed E-state index contributed by atoms with van der Waals surface area (Å²) in [6.45, 7) is 0. The van der Waals surface area contributed by atoms with Crippen LogP contribution in [0.15, 0.2) is 6.07 Å². The molecule has 0 aliphatic carbocycles. The van der Waals surface area contributed by atoms with Crippen LogP contribution >= 0.6 is 11.6 Å². The highest BCUT2D eigenvalue weighted by molar-refractivity contribution is 6.33. The monoisotopic (exact) mass is 307 g/mol. The Kier molecular flexibility index (Phi) is 3.99. The molecular formula is C9H4ClF6NO2. The molecule has 0 aliphatic rings. The standard InChI is InChI=1S/C9H4ClF6NO2/c1-19-7(18)5-3(10)2-4(8(11,12)13)17-6(5)9(14,15)16/h2H,1H3. The van der Waals surface area contributed by atoms with Gasteiger partial charge in [0, 0.05) is 0 Å². The van der Waals surface area contributed by atoms with Crippen LogP contribution in [0.3, 0.4) is 0 Å². The van der Waals surface area contributed by atoms with Crippen LogP contribution in [0.1, 0.15) is 21.7 Å². The van der Waals surface area contributed by atoms with Crippen molar-refractivity contribution in [2.24, 2.45) is 0 Å². The highest BCUT2D eigenvalue weighted by Crippen LogP contribution is 2.38. The number of pyridine rings is 1. The first-order valence-electron chi connectivity index (χ1n) is 4.41. The average Bonchev–Trinajstić information content (AvgIpc) is 2.24. The summed E-state index contributed by atoms with van der Waals surface area (Å²) < 4.78 is 78.9. The van der Waals surface area contributed by atoms with Crippen molar-refractivity contribution in [3.63, 3.8) is 0 Å². The third kappa shape index (κ3) is 3.28. The lowest BCUT2D eigenvalue weighted by molar-refractivity contribution is -0.150. The minimum atomic E-state index is -5.28. The number of methoxy groups -OCH3 is 1. The molecular weight excluding hydrogens is 304 g/mol. The summed E-state index contributed by atoms with van der Waals surface area (Å²) in [5.41, 5.74) is -5.15. The maximum Gasteiger partial charge on any atom is 0.434 e. The van der Waals surface area contributed by atoms with E-state index in [1.54, 1.807) is 0 Å². The number of alkyl halides is 6. The molecule has 1 aromatic rings. The van der Waals surface area contributed by atoms with Crippen LogP contribution in [0.4, 0.5) is 26.3 Å². The van der Waals surface area contributed by atoms with Gasteiger partial charge in [-0.2, -0.15) is 26.3 Å². The SMILES string of the molecule is COC(=O)c1c(Cl)cc(C(F)(F)F)nc1C(F)(F)F. The predicted octanol–water partition coefficient (Wildman–Crippen LogP) is 3.56. The van der Waals surface area contributed by atoms with Crippen molar-refractivity contribution in [2.45, 2.75) is 12.4 Å². The molecule has 0 fully saturated rings. The molecule has 0 saturated carbocycles. The second-order valence-corrected chi connectivity index (χ2v) is 3.61. The molecule has 0 bridgehead atoms. The van der Waals surface area contributed by atoms with Gasteiger partial charge in [0.05, 0.1) is 12.1 Å². The van der Waals surface area contributed by atoms with Crippen LogP contribution in [0.2, 0.25) is 5.02 Å². The van der Waals surface area contributed by atoms with E-state index in [4.69, 9.17) is 11.6 Å². The predicted molar refractivity (Wildman–Crippen MR) is 50.6 cm³/mol. The number of nitrogens with zero attached hydrogens (tertiary/aromatic N) is 1. The number of aromatic nitrogens is 1. The van der Waals surface area contributed by atoms with Gasteiger partial charge in [-0.15, -0.1) is 0 Å². The van der Waals surface area contributed by atoms with E-state index >= 15 is 0 Å². The van der Waals surface area contributed by atoms with Crippen molar-refractivity contribution in [1.29, 1.82) is 0 Å². The molecule has 0 N–H and O–H groups in total. The summed E-state index contributed by atoms with van der Waals surface area (Å²) in [4.78, 5) is 13.5. The Balaban J connectivity index is 3.62. The summed E-state index contributed by atoms with van der Waals surface area (Å²) in [5, 5.41) is -1.04. The average molecular weight is 308 g/mol. The van der Waals surface area contributed by atoms with E-state index in [-0.39, 0.29) is 6.07 Å². The highest BCUT2D eigenvalue weighted by Gasteiger charge is 2.43. The van der Waals surface area contributed by atoms with E-state index < -0.39 is 40.3 Å². The molecule has 1 heterocycles. The van der Waals surface area contributed by atoms with Gasteiger partial charge in [0.15, 0.2) is 5.69 Å². The molecule has 10 heteroatoms. The number of halogens is 7. The largest absolute Gasteiger partial charge is 0.465 e. The maximum atomic E-state index is 12.6. The Labute approximate surface area is 107 Å². The van der Waals surface area contributed by atoms with Crippen LogP contribution < -0.4 is 0 Å². The van der Waals surface area contributed by atoms with E-state index in [1.807, 2.05) is 0 Å². The summed E-state index contributed by atoms with van der Waals surface area (Å²) >= 11 is 5.28. The van der Waals surface area contributed by atoms with Gasteiger partial charge in [0.1, 0.15) is 11.3 Å². The summed E-state index contributed by atoms with van der Waals surface area (Å²) in [6.07, 6.45) is -10.4. The van der Waals surface area contributed by atoms with Gasteiger partial charge in [-0.25, -0.2) is 9.78 Å². The fraction of sp³-hybridized carbons (Fsp3) is 0.333. The molecule has 106 valence electrons. The van der Waals surface area contributed by atoms with E-state index in [9.17, 15) is 31.1 Å². The zero-order valence-electron chi connectivity index (χ0n) is 8.99. The molecule has 0 radical (unpaired) electrons. The Morgan fingerprint density at radius 2 is 1.74 bits per heavy atom. The van der Waals surface area contributed by atoms with Gasteiger partial charge >= 0.3 is 18.3 Å². The van der Waals surface area contributed by atoms with Crippen LogP contribution in [-0.2, 0) is 17.1 Å². The first-order chi connectivity index (χ1) is 8.48. The molecule has 1 aromatic heterocycles. The van der Waals surface area contributed by atoms with Gasteiger partial charge in [0.25, 0.3) is 0 Å². The fourth-order valence-corrected chi connectivity index (χ4v) is 1.43. The minimum Gasteiger partial charge on any atom is -0.465 e. The molecule has 19 heavy (non-hydrogen) atoms. The molecule has 0 saturated heterocycles. The number of esters is 1. The molecule has 0 spiro atoms. The van der Waals surface area contributed by atoms with E-state index in [1.165, 1.54) is 0 Å².